The topological polar surface area (TPSA) is 0 Å². The highest BCUT2D eigenvalue weighted by molar-refractivity contribution is 5.41. The van der Waals surface area contributed by atoms with E-state index in [1.54, 1.807) is 12.1 Å². The van der Waals surface area contributed by atoms with E-state index in [-0.39, 0.29) is 17.6 Å². The predicted molar refractivity (Wildman–Crippen MR) is 110 cm³/mol. The average molecular weight is 385 g/mol. The molecule has 2 unspecified atom stereocenters. The van der Waals surface area contributed by atoms with Gasteiger partial charge in [-0.1, -0.05) is 12.1 Å². The Morgan fingerprint density at radius 1 is 0.857 bits per heavy atom. The van der Waals surface area contributed by atoms with Crippen LogP contribution in [0.5, 0.6) is 0 Å². The average Bonchev–Trinajstić information content (AvgIpc) is 2.82. The van der Waals surface area contributed by atoms with Crippen molar-refractivity contribution in [3.8, 4) is 0 Å². The summed E-state index contributed by atoms with van der Waals surface area (Å²) in [5.74, 6) is 0.242. The predicted octanol–water partition coefficient (Wildman–Crippen LogP) is 6.12. The normalized spacial score (nSPS) is 26.0. The van der Waals surface area contributed by atoms with Crippen LogP contribution >= 0.6 is 0 Å². The molecule has 2 fully saturated rings. The van der Waals surface area contributed by atoms with Crippen LogP contribution in [-0.4, -0.2) is 30.7 Å². The van der Waals surface area contributed by atoms with Crippen LogP contribution < -0.4 is 0 Å². The van der Waals surface area contributed by atoms with Crippen LogP contribution in [0.1, 0.15) is 60.3 Å². The molecule has 0 aliphatic carbocycles. The number of halogens is 2. The van der Waals surface area contributed by atoms with E-state index in [1.807, 2.05) is 26.0 Å². The summed E-state index contributed by atoms with van der Waals surface area (Å²) in [6.07, 6.45) is 6.06. The number of fused-ring (bicyclic) bond motifs is 2. The van der Waals surface area contributed by atoms with Crippen LogP contribution in [0.25, 0.3) is 0 Å². The zero-order valence-corrected chi connectivity index (χ0v) is 17.5. The third kappa shape index (κ3) is 3.50. The van der Waals surface area contributed by atoms with Crippen molar-refractivity contribution < 1.29 is 13.3 Å². The first kappa shape index (κ1) is 19.6. The largest absolute Gasteiger partial charge is 0.324 e. The van der Waals surface area contributed by atoms with E-state index in [0.717, 1.165) is 45.2 Å². The van der Waals surface area contributed by atoms with Crippen LogP contribution in [0.2, 0.25) is 0 Å². The quantitative estimate of drug-likeness (QED) is 0.557. The number of aryl methyl sites for hydroxylation is 2. The van der Waals surface area contributed by atoms with Crippen molar-refractivity contribution in [1.29, 1.82) is 0 Å². The fraction of sp³-hybridized carbons (Fsp3) is 0.520. The van der Waals surface area contributed by atoms with E-state index in [1.165, 1.54) is 37.8 Å². The first-order chi connectivity index (χ1) is 13.3. The molecule has 28 heavy (non-hydrogen) atoms. The maximum atomic E-state index is 14.1. The van der Waals surface area contributed by atoms with Crippen LogP contribution in [0.15, 0.2) is 36.4 Å². The number of piperidine rings is 1. The SMILES string of the molecule is Cc1ccc(F)cc1C(CC1CC2CCC(C1)[N+]2(C)C)c1cc(F)ccc1C. The lowest BCUT2D eigenvalue weighted by Crippen LogP contribution is -2.54. The number of hydrogen-bond acceptors (Lipinski definition) is 0. The van der Waals surface area contributed by atoms with E-state index in [4.69, 9.17) is 0 Å². The molecule has 0 N–H and O–H groups in total. The van der Waals surface area contributed by atoms with Crippen molar-refractivity contribution in [2.75, 3.05) is 14.1 Å². The molecule has 2 aliphatic rings. The van der Waals surface area contributed by atoms with Crippen molar-refractivity contribution >= 4 is 0 Å². The molecule has 0 spiro atoms. The van der Waals surface area contributed by atoms with E-state index in [9.17, 15) is 8.78 Å². The Morgan fingerprint density at radius 3 is 1.79 bits per heavy atom. The number of rotatable bonds is 4. The third-order valence-corrected chi connectivity index (χ3v) is 7.73. The summed E-state index contributed by atoms with van der Waals surface area (Å²) in [7, 11) is 4.76. The summed E-state index contributed by atoms with van der Waals surface area (Å²) >= 11 is 0. The van der Waals surface area contributed by atoms with E-state index >= 15 is 0 Å². The summed E-state index contributed by atoms with van der Waals surface area (Å²) < 4.78 is 29.4. The van der Waals surface area contributed by atoms with Crippen LogP contribution in [0, 0.1) is 31.4 Å². The molecule has 4 rings (SSSR count). The zero-order chi connectivity index (χ0) is 20.1. The standard InChI is InChI=1S/C25H32F2N/c1-16-5-7-19(26)14-23(16)25(24-15-20(27)8-6-17(24)2)13-18-11-21-9-10-22(12-18)28(21,3)4/h5-8,14-15,18,21-22,25H,9-13H2,1-4H3/q+1. The third-order valence-electron chi connectivity index (χ3n) is 7.73. The van der Waals surface area contributed by atoms with Gasteiger partial charge >= 0.3 is 0 Å². The summed E-state index contributed by atoms with van der Waals surface area (Å²) in [5, 5.41) is 0. The van der Waals surface area contributed by atoms with Gasteiger partial charge in [0, 0.05) is 31.6 Å². The maximum Gasteiger partial charge on any atom is 0.123 e. The van der Waals surface area contributed by atoms with Gasteiger partial charge in [-0.05, 0) is 72.7 Å². The molecule has 2 bridgehead atoms. The minimum Gasteiger partial charge on any atom is -0.324 e. The fourth-order valence-electron chi connectivity index (χ4n) is 5.91. The Bertz CT molecular complexity index is 805. The summed E-state index contributed by atoms with van der Waals surface area (Å²) in [5.41, 5.74) is 4.20. The first-order valence-corrected chi connectivity index (χ1v) is 10.6. The number of nitrogens with zero attached hydrogens (tertiary/aromatic N) is 1. The molecule has 2 aromatic carbocycles. The van der Waals surface area contributed by atoms with E-state index in [2.05, 4.69) is 14.1 Å². The Balaban J connectivity index is 1.70. The molecule has 0 radical (unpaired) electrons. The molecule has 1 nitrogen and oxygen atoms in total. The monoisotopic (exact) mass is 384 g/mol. The van der Waals surface area contributed by atoms with Crippen molar-refractivity contribution in [2.24, 2.45) is 5.92 Å². The van der Waals surface area contributed by atoms with Gasteiger partial charge in [0.2, 0.25) is 0 Å². The lowest BCUT2D eigenvalue weighted by atomic mass is 9.76. The summed E-state index contributed by atoms with van der Waals surface area (Å²) in [6, 6.07) is 11.6. The molecular weight excluding hydrogens is 352 g/mol. The van der Waals surface area contributed by atoms with Crippen molar-refractivity contribution in [3.05, 3.63) is 70.3 Å². The number of benzene rings is 2. The Kier molecular flexibility index (Phi) is 5.07. The molecule has 2 saturated heterocycles. The minimum absolute atomic E-state index is 0.0458. The smallest absolute Gasteiger partial charge is 0.123 e. The van der Waals surface area contributed by atoms with Gasteiger partial charge in [-0.2, -0.15) is 0 Å². The Hall–Kier alpha value is -1.74. The van der Waals surface area contributed by atoms with Crippen LogP contribution in [0.4, 0.5) is 8.78 Å². The van der Waals surface area contributed by atoms with Gasteiger partial charge in [0.05, 0.1) is 26.2 Å². The number of hydrogen-bond donors (Lipinski definition) is 0. The number of quaternary nitrogens is 1. The highest BCUT2D eigenvalue weighted by Crippen LogP contribution is 2.46. The van der Waals surface area contributed by atoms with E-state index in [0.29, 0.717) is 5.92 Å². The van der Waals surface area contributed by atoms with Gasteiger partial charge in [0.15, 0.2) is 0 Å². The molecule has 2 aliphatic heterocycles. The summed E-state index contributed by atoms with van der Waals surface area (Å²) in [4.78, 5) is 0. The maximum absolute atomic E-state index is 14.1. The van der Waals surface area contributed by atoms with Gasteiger partial charge < -0.3 is 4.48 Å². The van der Waals surface area contributed by atoms with Crippen molar-refractivity contribution in [3.63, 3.8) is 0 Å². The second-order valence-electron chi connectivity index (χ2n) is 9.64. The molecule has 2 heterocycles. The second-order valence-corrected chi connectivity index (χ2v) is 9.64. The molecule has 0 aromatic heterocycles. The van der Waals surface area contributed by atoms with E-state index < -0.39 is 0 Å². The molecule has 2 atom stereocenters. The van der Waals surface area contributed by atoms with Crippen LogP contribution in [-0.2, 0) is 0 Å². The van der Waals surface area contributed by atoms with Crippen molar-refractivity contribution in [2.45, 2.75) is 64.0 Å². The molecule has 150 valence electrons. The zero-order valence-electron chi connectivity index (χ0n) is 17.5. The first-order valence-electron chi connectivity index (χ1n) is 10.6. The second kappa shape index (κ2) is 7.26. The van der Waals surface area contributed by atoms with Crippen LogP contribution in [0.3, 0.4) is 0 Å². The van der Waals surface area contributed by atoms with Crippen molar-refractivity contribution in [1.82, 2.24) is 0 Å². The van der Waals surface area contributed by atoms with Gasteiger partial charge in [-0.15, -0.1) is 0 Å². The fourth-order valence-corrected chi connectivity index (χ4v) is 5.91. The molecule has 3 heteroatoms. The summed E-state index contributed by atoms with van der Waals surface area (Å²) in [6.45, 7) is 4.09. The molecule has 0 saturated carbocycles. The molecular formula is C25H32F2N+. The van der Waals surface area contributed by atoms with Gasteiger partial charge in [-0.3, -0.25) is 0 Å². The minimum atomic E-state index is -0.207. The lowest BCUT2D eigenvalue weighted by Gasteiger charge is -2.45. The molecule has 2 aromatic rings. The Morgan fingerprint density at radius 2 is 1.32 bits per heavy atom. The lowest BCUT2D eigenvalue weighted by molar-refractivity contribution is -0.931. The molecule has 0 amide bonds. The van der Waals surface area contributed by atoms with Gasteiger partial charge in [0.25, 0.3) is 0 Å². The van der Waals surface area contributed by atoms with Gasteiger partial charge in [0.1, 0.15) is 11.6 Å². The highest BCUT2D eigenvalue weighted by atomic mass is 19.1. The van der Waals surface area contributed by atoms with Gasteiger partial charge in [-0.25, -0.2) is 8.78 Å². The Labute approximate surface area is 168 Å². The highest BCUT2D eigenvalue weighted by Gasteiger charge is 2.49.